The van der Waals surface area contributed by atoms with E-state index >= 15 is 0 Å². The van der Waals surface area contributed by atoms with E-state index in [1.54, 1.807) is 0 Å². The van der Waals surface area contributed by atoms with Gasteiger partial charge in [0.2, 0.25) is 0 Å². The van der Waals surface area contributed by atoms with Gasteiger partial charge in [-0.1, -0.05) is 0 Å². The maximum Gasteiger partial charge on any atom is 1.00 e. The summed E-state index contributed by atoms with van der Waals surface area (Å²) in [6, 6.07) is 0. The van der Waals surface area contributed by atoms with E-state index in [1.807, 2.05) is 0 Å². The zero-order valence-electron chi connectivity index (χ0n) is 4.94. The molecule has 40 valence electrons. The van der Waals surface area contributed by atoms with Crippen molar-refractivity contribution >= 4 is 16.5 Å². The molecule has 9 heteroatoms. The van der Waals surface area contributed by atoms with Crippen molar-refractivity contribution in [3.8, 4) is 0 Å². The Kier molecular flexibility index (Phi) is 17.2. The van der Waals surface area contributed by atoms with Crippen molar-refractivity contribution in [3.63, 3.8) is 0 Å². The molecule has 0 amide bonds. The van der Waals surface area contributed by atoms with Crippen LogP contribution in [0.15, 0.2) is 0 Å². The topological polar surface area (TPSA) is 89.5 Å². The first-order chi connectivity index (χ1) is 3.13. The van der Waals surface area contributed by atoms with Crippen LogP contribution in [0.1, 0.15) is 0 Å². The van der Waals surface area contributed by atoms with Gasteiger partial charge in [0.25, 0.3) is 0 Å². The van der Waals surface area contributed by atoms with E-state index in [-0.39, 0.29) is 37.7 Å². The van der Waals surface area contributed by atoms with E-state index in [0.717, 1.165) is 0 Å². The van der Waals surface area contributed by atoms with Crippen LogP contribution in [0.4, 0.5) is 0 Å². The molecule has 0 fully saturated rings. The van der Waals surface area contributed by atoms with Crippen LogP contribution in [-0.2, 0) is 13.4 Å². The second-order valence-electron chi connectivity index (χ2n) is 0.529. The van der Waals surface area contributed by atoms with Gasteiger partial charge in [0.05, 0.1) is 0 Å². The minimum absolute atomic E-state index is 0. The summed E-state index contributed by atoms with van der Waals surface area (Å²) in [4.78, 5) is 18.5. The zero-order valence-corrected chi connectivity index (χ0v) is 6.72. The number of hydrogen-bond acceptors (Lipinski definition) is 5. The molecular weight excluding hydrogens is 156 g/mol. The third-order valence-electron chi connectivity index (χ3n) is 0.133. The molecule has 0 N–H and O–H groups in total. The van der Waals surface area contributed by atoms with E-state index in [0.29, 0.717) is 0 Å². The summed E-state index contributed by atoms with van der Waals surface area (Å²) in [6.07, 6.45) is 0. The Morgan fingerprint density at radius 2 is 1.22 bits per heavy atom. The van der Waals surface area contributed by atoms with Gasteiger partial charge in [-0.2, -0.15) is 0 Å². The van der Waals surface area contributed by atoms with Gasteiger partial charge >= 0.3 is 54.2 Å². The SMILES string of the molecule is O=[P+]([O-])O[P+](=O)[O-].[Li+].[Li+]. The maximum absolute atomic E-state index is 9.24. The summed E-state index contributed by atoms with van der Waals surface area (Å²) in [6.45, 7) is 0. The second kappa shape index (κ2) is 9.27. The molecule has 0 bridgehead atoms. The molecule has 2 unspecified atom stereocenters. The summed E-state index contributed by atoms with van der Waals surface area (Å²) in [7, 11) is -6.47. The number of hydrogen-bond donors (Lipinski definition) is 0. The average molecular weight is 156 g/mol. The summed E-state index contributed by atoms with van der Waals surface area (Å²) < 4.78 is 21.6. The molecule has 0 spiro atoms. The van der Waals surface area contributed by atoms with Gasteiger partial charge in [0.15, 0.2) is 0 Å². The standard InChI is InChI=1S/2Li.O5P2/c;;1-6(2)5-7(3)4/q2*+1;. The molecule has 0 aliphatic rings. The van der Waals surface area contributed by atoms with E-state index in [1.165, 1.54) is 0 Å². The molecule has 0 aliphatic heterocycles. The van der Waals surface area contributed by atoms with Crippen molar-refractivity contribution in [1.82, 2.24) is 0 Å². The minimum atomic E-state index is -3.24. The first kappa shape index (κ1) is 16.7. The van der Waals surface area contributed by atoms with Gasteiger partial charge < -0.3 is 9.79 Å². The van der Waals surface area contributed by atoms with E-state index in [9.17, 15) is 18.9 Å². The Morgan fingerprint density at radius 3 is 1.22 bits per heavy atom. The molecule has 0 aromatic carbocycles. The first-order valence-corrected chi connectivity index (χ1v) is 3.29. The van der Waals surface area contributed by atoms with Crippen molar-refractivity contribution in [2.45, 2.75) is 0 Å². The van der Waals surface area contributed by atoms with Crippen LogP contribution in [0.5, 0.6) is 0 Å². The van der Waals surface area contributed by atoms with Gasteiger partial charge in [0, 0.05) is 0 Å². The zero-order chi connectivity index (χ0) is 5.86. The Balaban J connectivity index is -0.000000180. The van der Waals surface area contributed by atoms with Gasteiger partial charge in [-0.05, 0) is 9.13 Å². The quantitative estimate of drug-likeness (QED) is 0.292. The molecule has 0 saturated carbocycles. The van der Waals surface area contributed by atoms with Crippen molar-refractivity contribution in [1.29, 1.82) is 0 Å². The Morgan fingerprint density at radius 1 is 1.00 bits per heavy atom. The van der Waals surface area contributed by atoms with Crippen LogP contribution >= 0.6 is 16.5 Å². The molecule has 9 heavy (non-hydrogen) atoms. The molecule has 5 nitrogen and oxygen atoms in total. The fourth-order valence-corrected chi connectivity index (χ4v) is 0.490. The molecule has 0 aromatic rings. The first-order valence-electron chi connectivity index (χ1n) is 1.10. The van der Waals surface area contributed by atoms with Crippen LogP contribution < -0.4 is 47.5 Å². The molecule has 2 atom stereocenters. The summed E-state index contributed by atoms with van der Waals surface area (Å²) in [5.41, 5.74) is 0. The Hall–Kier alpha value is 1.27. The van der Waals surface area contributed by atoms with Crippen molar-refractivity contribution in [3.05, 3.63) is 0 Å². The van der Waals surface area contributed by atoms with Crippen LogP contribution in [0.2, 0.25) is 0 Å². The average Bonchev–Trinajstić information content (AvgIpc) is 1.27. The fraction of sp³-hybridized carbons (Fsp3) is 0. The van der Waals surface area contributed by atoms with Crippen LogP contribution in [0.3, 0.4) is 0 Å². The summed E-state index contributed by atoms with van der Waals surface area (Å²) in [5.74, 6) is 0. The normalized spacial score (nSPS) is 10.4. The Bertz CT molecular complexity index is 89.1. The van der Waals surface area contributed by atoms with E-state index in [2.05, 4.69) is 4.31 Å². The number of rotatable bonds is 2. The monoisotopic (exact) mass is 156 g/mol. The predicted octanol–water partition coefficient (Wildman–Crippen LogP) is -6.95. The third-order valence-corrected chi connectivity index (χ3v) is 1.20. The molecule has 0 aromatic heterocycles. The van der Waals surface area contributed by atoms with Crippen molar-refractivity contribution < 1.29 is 60.9 Å². The second-order valence-corrected chi connectivity index (χ2v) is 2.08. The van der Waals surface area contributed by atoms with Gasteiger partial charge in [-0.25, -0.2) is 0 Å². The van der Waals surface area contributed by atoms with E-state index < -0.39 is 16.5 Å². The van der Waals surface area contributed by atoms with Crippen LogP contribution in [-0.4, -0.2) is 0 Å². The van der Waals surface area contributed by atoms with Gasteiger partial charge in [-0.3, -0.25) is 0 Å². The molecular formula is Li2O5P2+2. The van der Waals surface area contributed by atoms with Crippen molar-refractivity contribution in [2.24, 2.45) is 0 Å². The maximum atomic E-state index is 9.24. The van der Waals surface area contributed by atoms with E-state index in [4.69, 9.17) is 0 Å². The largest absolute Gasteiger partial charge is 1.00 e. The van der Waals surface area contributed by atoms with Gasteiger partial charge in [0.1, 0.15) is 4.31 Å². The summed E-state index contributed by atoms with van der Waals surface area (Å²) >= 11 is 0. The molecule has 0 heterocycles. The predicted molar refractivity (Wildman–Crippen MR) is 16.3 cm³/mol. The smallest absolute Gasteiger partial charge is 0.563 e. The van der Waals surface area contributed by atoms with Gasteiger partial charge in [-0.15, -0.1) is 0 Å². The third kappa shape index (κ3) is 17.6. The molecule has 0 aliphatic carbocycles. The fourth-order valence-electron chi connectivity index (χ4n) is 0.0544. The van der Waals surface area contributed by atoms with Crippen LogP contribution in [0.25, 0.3) is 0 Å². The van der Waals surface area contributed by atoms with Crippen molar-refractivity contribution in [2.75, 3.05) is 0 Å². The van der Waals surface area contributed by atoms with Crippen LogP contribution in [0, 0.1) is 0 Å². The summed E-state index contributed by atoms with van der Waals surface area (Å²) in [5, 5.41) is 0. The molecule has 0 radical (unpaired) electrons. The Labute approximate surface area is 77.4 Å². The minimum Gasteiger partial charge on any atom is -0.563 e. The molecule has 0 saturated heterocycles. The molecule has 0 rings (SSSR count).